The highest BCUT2D eigenvalue weighted by Crippen LogP contribution is 2.39. The van der Waals surface area contributed by atoms with Gasteiger partial charge in [-0.3, -0.25) is 0 Å². The van der Waals surface area contributed by atoms with Crippen molar-refractivity contribution in [1.82, 2.24) is 5.32 Å². The van der Waals surface area contributed by atoms with Crippen LogP contribution < -0.4 is 5.32 Å². The van der Waals surface area contributed by atoms with Crippen LogP contribution in [0.1, 0.15) is 52.9 Å². The van der Waals surface area contributed by atoms with Gasteiger partial charge in [0.15, 0.2) is 0 Å². The molecule has 0 aromatic heterocycles. The van der Waals surface area contributed by atoms with Crippen molar-refractivity contribution in [2.75, 3.05) is 12.8 Å². The van der Waals surface area contributed by atoms with Crippen molar-refractivity contribution in [3.05, 3.63) is 0 Å². The van der Waals surface area contributed by atoms with E-state index < -0.39 is 0 Å². The van der Waals surface area contributed by atoms with Crippen molar-refractivity contribution in [2.24, 2.45) is 5.92 Å². The molecule has 1 rings (SSSR count). The summed E-state index contributed by atoms with van der Waals surface area (Å²) >= 11 is 2.08. The predicted molar refractivity (Wildman–Crippen MR) is 71.6 cm³/mol. The van der Waals surface area contributed by atoms with Crippen LogP contribution in [0, 0.1) is 5.92 Å². The lowest BCUT2D eigenvalue weighted by molar-refractivity contribution is 0.368. The molecule has 0 aromatic carbocycles. The molecule has 0 aromatic rings. The molecular weight excluding hydrogens is 202 g/mol. The molecule has 1 saturated carbocycles. The van der Waals surface area contributed by atoms with Gasteiger partial charge in [0.2, 0.25) is 0 Å². The fraction of sp³-hybridized carbons (Fsp3) is 1.00. The normalized spacial score (nSPS) is 22.2. The highest BCUT2D eigenvalue weighted by atomic mass is 32.2. The summed E-state index contributed by atoms with van der Waals surface area (Å²) in [5.41, 5.74) is 0. The number of thioether (sulfide) groups is 1. The van der Waals surface area contributed by atoms with Crippen molar-refractivity contribution >= 4 is 11.8 Å². The summed E-state index contributed by atoms with van der Waals surface area (Å²) in [5.74, 6) is 0.760. The highest BCUT2D eigenvalue weighted by molar-refractivity contribution is 8.00. The van der Waals surface area contributed by atoms with Crippen molar-refractivity contribution in [1.29, 1.82) is 0 Å². The summed E-state index contributed by atoms with van der Waals surface area (Å²) in [5, 5.41) is 3.78. The number of hydrogen-bond acceptors (Lipinski definition) is 2. The van der Waals surface area contributed by atoms with E-state index in [2.05, 4.69) is 44.1 Å². The molecule has 1 aliphatic carbocycles. The standard InChI is InChI=1S/C13H27NS/c1-5-12(11(2)3)14-10-13(15-4)8-6-7-9-13/h11-12,14H,5-10H2,1-4H3. The summed E-state index contributed by atoms with van der Waals surface area (Å²) in [7, 11) is 0. The first-order valence-electron chi connectivity index (χ1n) is 6.42. The predicted octanol–water partition coefficient (Wildman–Crippen LogP) is 3.69. The molecule has 1 unspecified atom stereocenters. The van der Waals surface area contributed by atoms with E-state index in [4.69, 9.17) is 0 Å². The van der Waals surface area contributed by atoms with Gasteiger partial charge in [-0.05, 0) is 31.4 Å². The van der Waals surface area contributed by atoms with Gasteiger partial charge in [-0.1, -0.05) is 33.6 Å². The van der Waals surface area contributed by atoms with Gasteiger partial charge in [-0.15, -0.1) is 0 Å². The van der Waals surface area contributed by atoms with Gasteiger partial charge in [0.05, 0.1) is 0 Å². The van der Waals surface area contributed by atoms with Crippen LogP contribution in [0.2, 0.25) is 0 Å². The second-order valence-electron chi connectivity index (χ2n) is 5.23. The molecule has 0 aliphatic heterocycles. The van der Waals surface area contributed by atoms with E-state index in [1.165, 1.54) is 38.6 Å². The van der Waals surface area contributed by atoms with Crippen LogP contribution in [0.5, 0.6) is 0 Å². The fourth-order valence-electron chi connectivity index (χ4n) is 2.64. The highest BCUT2D eigenvalue weighted by Gasteiger charge is 2.33. The van der Waals surface area contributed by atoms with Crippen molar-refractivity contribution in [2.45, 2.75) is 63.7 Å². The molecule has 0 spiro atoms. The maximum absolute atomic E-state index is 3.78. The summed E-state index contributed by atoms with van der Waals surface area (Å²) < 4.78 is 0.558. The molecule has 1 N–H and O–H groups in total. The Hall–Kier alpha value is 0.310. The van der Waals surface area contributed by atoms with Crippen LogP contribution in [0.25, 0.3) is 0 Å². The first-order chi connectivity index (χ1) is 7.13. The zero-order valence-electron chi connectivity index (χ0n) is 10.8. The molecule has 1 fully saturated rings. The Balaban J connectivity index is 2.39. The molecule has 1 aliphatic rings. The van der Waals surface area contributed by atoms with Crippen molar-refractivity contribution < 1.29 is 0 Å². The van der Waals surface area contributed by atoms with Crippen LogP contribution in [0.3, 0.4) is 0 Å². The molecule has 90 valence electrons. The molecule has 15 heavy (non-hydrogen) atoms. The van der Waals surface area contributed by atoms with E-state index in [1.807, 2.05) is 0 Å². The summed E-state index contributed by atoms with van der Waals surface area (Å²) in [6.07, 6.45) is 9.22. The Labute approximate surface area is 99.8 Å². The minimum atomic E-state index is 0.558. The molecule has 0 amide bonds. The zero-order valence-corrected chi connectivity index (χ0v) is 11.6. The minimum absolute atomic E-state index is 0.558. The first kappa shape index (κ1) is 13.4. The van der Waals surface area contributed by atoms with Gasteiger partial charge >= 0.3 is 0 Å². The topological polar surface area (TPSA) is 12.0 Å². The van der Waals surface area contributed by atoms with Crippen LogP contribution in [0.4, 0.5) is 0 Å². The largest absolute Gasteiger partial charge is 0.312 e. The Morgan fingerprint density at radius 3 is 2.27 bits per heavy atom. The minimum Gasteiger partial charge on any atom is -0.312 e. The van der Waals surface area contributed by atoms with Crippen molar-refractivity contribution in [3.63, 3.8) is 0 Å². The van der Waals surface area contributed by atoms with E-state index in [9.17, 15) is 0 Å². The molecule has 1 atom stereocenters. The molecule has 1 nitrogen and oxygen atoms in total. The summed E-state index contributed by atoms with van der Waals surface area (Å²) in [6.45, 7) is 8.14. The van der Waals surface area contributed by atoms with E-state index in [0.29, 0.717) is 10.8 Å². The lowest BCUT2D eigenvalue weighted by atomic mass is 10.00. The first-order valence-corrected chi connectivity index (χ1v) is 7.64. The SMILES string of the molecule is CCC(NCC1(SC)CCCC1)C(C)C. The van der Waals surface area contributed by atoms with Gasteiger partial charge in [-0.2, -0.15) is 11.8 Å². The van der Waals surface area contributed by atoms with Gasteiger partial charge in [0.1, 0.15) is 0 Å². The monoisotopic (exact) mass is 229 g/mol. The molecule has 0 heterocycles. The third-order valence-electron chi connectivity index (χ3n) is 3.88. The number of hydrogen-bond donors (Lipinski definition) is 1. The average molecular weight is 229 g/mol. The zero-order chi connectivity index (χ0) is 11.3. The molecule has 0 bridgehead atoms. The smallest absolute Gasteiger partial charge is 0.0281 e. The molecule has 0 saturated heterocycles. The summed E-state index contributed by atoms with van der Waals surface area (Å²) in [6, 6.07) is 0.703. The fourth-order valence-corrected chi connectivity index (χ4v) is 3.57. The quantitative estimate of drug-likeness (QED) is 0.745. The van der Waals surface area contributed by atoms with Gasteiger partial charge in [-0.25, -0.2) is 0 Å². The van der Waals surface area contributed by atoms with E-state index in [1.54, 1.807) is 0 Å². The maximum atomic E-state index is 3.78. The Morgan fingerprint density at radius 2 is 1.87 bits per heavy atom. The van der Waals surface area contributed by atoms with E-state index in [-0.39, 0.29) is 0 Å². The molecule has 0 radical (unpaired) electrons. The lowest BCUT2D eigenvalue weighted by Gasteiger charge is -2.31. The third kappa shape index (κ3) is 3.67. The second-order valence-corrected chi connectivity index (χ2v) is 6.51. The van der Waals surface area contributed by atoms with Gasteiger partial charge in [0.25, 0.3) is 0 Å². The van der Waals surface area contributed by atoms with Crippen molar-refractivity contribution in [3.8, 4) is 0 Å². The average Bonchev–Trinajstić information content (AvgIpc) is 2.68. The summed E-state index contributed by atoms with van der Waals surface area (Å²) in [4.78, 5) is 0. The van der Waals surface area contributed by atoms with E-state index >= 15 is 0 Å². The maximum Gasteiger partial charge on any atom is 0.0281 e. The number of nitrogens with one attached hydrogen (secondary N) is 1. The second kappa shape index (κ2) is 6.15. The Bertz CT molecular complexity index is 173. The van der Waals surface area contributed by atoms with Crippen LogP contribution >= 0.6 is 11.8 Å². The number of rotatable bonds is 6. The van der Waals surface area contributed by atoms with Crippen LogP contribution in [0.15, 0.2) is 0 Å². The molecular formula is C13H27NS. The van der Waals surface area contributed by atoms with Crippen LogP contribution in [-0.2, 0) is 0 Å². The Morgan fingerprint density at radius 1 is 1.27 bits per heavy atom. The van der Waals surface area contributed by atoms with Gasteiger partial charge < -0.3 is 5.32 Å². The van der Waals surface area contributed by atoms with Crippen LogP contribution in [-0.4, -0.2) is 23.6 Å². The lowest BCUT2D eigenvalue weighted by Crippen LogP contribution is -2.42. The van der Waals surface area contributed by atoms with E-state index in [0.717, 1.165) is 5.92 Å². The molecule has 2 heteroatoms. The van der Waals surface area contributed by atoms with Gasteiger partial charge in [0, 0.05) is 17.3 Å². The third-order valence-corrected chi connectivity index (χ3v) is 5.30. The Kier molecular flexibility index (Phi) is 5.48.